The van der Waals surface area contributed by atoms with Gasteiger partial charge in [0.1, 0.15) is 4.90 Å². The third kappa shape index (κ3) is 2.84. The van der Waals surface area contributed by atoms with Crippen LogP contribution in [0.3, 0.4) is 0 Å². The number of nitrogens with two attached hydrogens (primary N) is 1. The van der Waals surface area contributed by atoms with Crippen LogP contribution in [0.4, 0.5) is 10.1 Å². The van der Waals surface area contributed by atoms with Crippen LogP contribution >= 0.6 is 11.6 Å². The lowest BCUT2D eigenvalue weighted by Gasteiger charge is -2.21. The predicted octanol–water partition coefficient (Wildman–Crippen LogP) is 1.21. The van der Waals surface area contributed by atoms with Crippen molar-refractivity contribution in [1.29, 1.82) is 0 Å². The molecular formula is C11H14ClFN2O3S. The fourth-order valence-electron chi connectivity index (χ4n) is 1.86. The highest BCUT2D eigenvalue weighted by molar-refractivity contribution is 7.89. The molecule has 2 rings (SSSR count). The van der Waals surface area contributed by atoms with E-state index < -0.39 is 20.7 Å². The quantitative estimate of drug-likeness (QED) is 0.801. The van der Waals surface area contributed by atoms with E-state index in [-0.39, 0.29) is 29.9 Å². The number of rotatable bonds is 5. The molecule has 0 spiro atoms. The fraction of sp³-hybridized carbons (Fsp3) is 0.455. The first-order chi connectivity index (χ1) is 8.87. The first kappa shape index (κ1) is 14.5. The van der Waals surface area contributed by atoms with Gasteiger partial charge in [0.25, 0.3) is 0 Å². The minimum atomic E-state index is -4.04. The molecule has 0 atom stereocenters. The van der Waals surface area contributed by atoms with Crippen LogP contribution in [0.2, 0.25) is 5.02 Å². The molecule has 8 heteroatoms. The lowest BCUT2D eigenvalue weighted by molar-refractivity contribution is 0.250. The Hall–Kier alpha value is -0.890. The molecule has 0 amide bonds. The monoisotopic (exact) mass is 308 g/mol. The first-order valence-corrected chi connectivity index (χ1v) is 7.57. The number of anilines is 1. The van der Waals surface area contributed by atoms with Crippen LogP contribution in [0.25, 0.3) is 0 Å². The number of aliphatic hydroxyl groups is 1. The Kier molecular flexibility index (Phi) is 4.00. The Morgan fingerprint density at radius 3 is 2.63 bits per heavy atom. The highest BCUT2D eigenvalue weighted by atomic mass is 35.5. The molecule has 0 saturated heterocycles. The highest BCUT2D eigenvalue weighted by Crippen LogP contribution is 2.34. The van der Waals surface area contributed by atoms with E-state index in [9.17, 15) is 12.8 Å². The Labute approximate surface area is 115 Å². The summed E-state index contributed by atoms with van der Waals surface area (Å²) in [7, 11) is -4.04. The molecule has 0 radical (unpaired) electrons. The van der Waals surface area contributed by atoms with Crippen molar-refractivity contribution in [3.63, 3.8) is 0 Å². The van der Waals surface area contributed by atoms with E-state index in [0.717, 1.165) is 16.4 Å². The van der Waals surface area contributed by atoms with Gasteiger partial charge >= 0.3 is 0 Å². The number of nitrogen functional groups attached to an aromatic ring is 1. The lowest BCUT2D eigenvalue weighted by Crippen LogP contribution is -2.36. The average molecular weight is 309 g/mol. The molecule has 1 fully saturated rings. The lowest BCUT2D eigenvalue weighted by atomic mass is 10.3. The number of hydrogen-bond donors (Lipinski definition) is 2. The topological polar surface area (TPSA) is 83.6 Å². The number of sulfonamides is 1. The van der Waals surface area contributed by atoms with E-state index >= 15 is 0 Å². The molecule has 0 aliphatic heterocycles. The number of halogens is 2. The normalized spacial score (nSPS) is 16.0. The first-order valence-electron chi connectivity index (χ1n) is 5.75. The van der Waals surface area contributed by atoms with Gasteiger partial charge in [-0.25, -0.2) is 12.8 Å². The summed E-state index contributed by atoms with van der Waals surface area (Å²) in [4.78, 5) is -0.544. The van der Waals surface area contributed by atoms with Gasteiger partial charge in [-0.05, 0) is 25.0 Å². The van der Waals surface area contributed by atoms with Crippen LogP contribution in [0.15, 0.2) is 17.0 Å². The molecule has 19 heavy (non-hydrogen) atoms. The SMILES string of the molecule is Nc1cc(Cl)cc(S(=O)(=O)N(CCO)C2CC2)c1F. The summed E-state index contributed by atoms with van der Waals surface area (Å²) < 4.78 is 39.8. The van der Waals surface area contributed by atoms with E-state index in [0.29, 0.717) is 12.8 Å². The van der Waals surface area contributed by atoms with E-state index in [4.69, 9.17) is 22.4 Å². The zero-order chi connectivity index (χ0) is 14.2. The van der Waals surface area contributed by atoms with Crippen molar-refractivity contribution in [1.82, 2.24) is 4.31 Å². The van der Waals surface area contributed by atoms with Crippen LogP contribution in [-0.4, -0.2) is 37.0 Å². The average Bonchev–Trinajstić information content (AvgIpc) is 3.14. The van der Waals surface area contributed by atoms with Gasteiger partial charge in [-0.1, -0.05) is 11.6 Å². The smallest absolute Gasteiger partial charge is 0.246 e. The van der Waals surface area contributed by atoms with E-state index in [1.807, 2.05) is 0 Å². The molecule has 1 aromatic carbocycles. The second-order valence-electron chi connectivity index (χ2n) is 4.38. The molecule has 0 unspecified atom stereocenters. The Bertz CT molecular complexity index is 590. The van der Waals surface area contributed by atoms with Crippen LogP contribution in [0.1, 0.15) is 12.8 Å². The molecule has 1 aromatic rings. The molecule has 1 aliphatic carbocycles. The highest BCUT2D eigenvalue weighted by Gasteiger charge is 2.39. The van der Waals surface area contributed by atoms with Gasteiger partial charge in [-0.3, -0.25) is 0 Å². The summed E-state index contributed by atoms with van der Waals surface area (Å²) in [5.74, 6) is -1.01. The number of hydrogen-bond acceptors (Lipinski definition) is 4. The van der Waals surface area contributed by atoms with Crippen LogP contribution < -0.4 is 5.73 Å². The minimum Gasteiger partial charge on any atom is -0.396 e. The van der Waals surface area contributed by atoms with Crippen molar-refractivity contribution in [3.05, 3.63) is 23.0 Å². The molecule has 5 nitrogen and oxygen atoms in total. The largest absolute Gasteiger partial charge is 0.396 e. The summed E-state index contributed by atoms with van der Waals surface area (Å²) in [5.41, 5.74) is 5.08. The van der Waals surface area contributed by atoms with Crippen molar-refractivity contribution in [2.75, 3.05) is 18.9 Å². The summed E-state index contributed by atoms with van der Waals surface area (Å²) in [6.45, 7) is -0.397. The number of nitrogens with zero attached hydrogens (tertiary/aromatic N) is 1. The van der Waals surface area contributed by atoms with Gasteiger partial charge in [0.15, 0.2) is 5.82 Å². The van der Waals surface area contributed by atoms with Crippen LogP contribution in [0, 0.1) is 5.82 Å². The van der Waals surface area contributed by atoms with E-state index in [2.05, 4.69) is 0 Å². The van der Waals surface area contributed by atoms with Crippen molar-refractivity contribution in [2.45, 2.75) is 23.8 Å². The van der Waals surface area contributed by atoms with Crippen molar-refractivity contribution in [2.24, 2.45) is 0 Å². The molecule has 106 valence electrons. The molecule has 3 N–H and O–H groups in total. The van der Waals surface area contributed by atoms with E-state index in [1.54, 1.807) is 0 Å². The van der Waals surface area contributed by atoms with Gasteiger partial charge in [0.05, 0.1) is 12.3 Å². The van der Waals surface area contributed by atoms with E-state index in [1.165, 1.54) is 0 Å². The maximum Gasteiger partial charge on any atom is 0.246 e. The van der Waals surface area contributed by atoms with Gasteiger partial charge < -0.3 is 10.8 Å². The van der Waals surface area contributed by atoms with Crippen molar-refractivity contribution in [3.8, 4) is 0 Å². The van der Waals surface area contributed by atoms with Crippen molar-refractivity contribution >= 4 is 27.3 Å². The Morgan fingerprint density at radius 2 is 2.11 bits per heavy atom. The molecule has 0 aromatic heterocycles. The predicted molar refractivity (Wildman–Crippen MR) is 69.8 cm³/mol. The number of aliphatic hydroxyl groups excluding tert-OH is 1. The van der Waals surface area contributed by atoms with Crippen LogP contribution in [-0.2, 0) is 10.0 Å². The zero-order valence-electron chi connectivity index (χ0n) is 10.0. The molecule has 0 heterocycles. The van der Waals surface area contributed by atoms with Gasteiger partial charge in [0, 0.05) is 17.6 Å². The minimum absolute atomic E-state index is 0.0530. The second-order valence-corrected chi connectivity index (χ2v) is 6.67. The maximum atomic E-state index is 13.9. The van der Waals surface area contributed by atoms with Gasteiger partial charge in [0.2, 0.25) is 10.0 Å². The standard InChI is InChI=1S/C11H14ClFN2O3S/c12-7-5-9(14)11(13)10(6-7)19(17,18)15(3-4-16)8-1-2-8/h5-6,8,16H,1-4,14H2. The van der Waals surface area contributed by atoms with Gasteiger partial charge in [-0.15, -0.1) is 0 Å². The zero-order valence-corrected chi connectivity index (χ0v) is 11.6. The van der Waals surface area contributed by atoms with Gasteiger partial charge in [-0.2, -0.15) is 4.31 Å². The molecule has 1 aliphatic rings. The molecule has 0 bridgehead atoms. The summed E-state index contributed by atoms with van der Waals surface area (Å²) in [5, 5.41) is 9.00. The molecular weight excluding hydrogens is 295 g/mol. The number of benzene rings is 1. The maximum absolute atomic E-state index is 13.9. The molecule has 1 saturated carbocycles. The van der Waals surface area contributed by atoms with Crippen molar-refractivity contribution < 1.29 is 17.9 Å². The Balaban J connectivity index is 2.49. The third-order valence-electron chi connectivity index (χ3n) is 2.89. The summed E-state index contributed by atoms with van der Waals surface area (Å²) in [6, 6.07) is 2.01. The Morgan fingerprint density at radius 1 is 1.47 bits per heavy atom. The third-order valence-corrected chi connectivity index (χ3v) is 5.06. The fourth-order valence-corrected chi connectivity index (χ4v) is 3.95. The summed E-state index contributed by atoms with van der Waals surface area (Å²) >= 11 is 5.73. The second kappa shape index (κ2) is 5.24. The summed E-state index contributed by atoms with van der Waals surface area (Å²) in [6.07, 6.45) is 1.41. The van der Waals surface area contributed by atoms with Crippen LogP contribution in [0.5, 0.6) is 0 Å².